The summed E-state index contributed by atoms with van der Waals surface area (Å²) < 4.78 is 21.3. The van der Waals surface area contributed by atoms with Gasteiger partial charge in [0.15, 0.2) is 11.6 Å². The Kier molecular flexibility index (Phi) is 5.90. The lowest BCUT2D eigenvalue weighted by Crippen LogP contribution is -2.28. The zero-order valence-corrected chi connectivity index (χ0v) is 17.3. The molecule has 1 saturated heterocycles. The van der Waals surface area contributed by atoms with Crippen molar-refractivity contribution in [3.05, 3.63) is 71.0 Å². The number of imide groups is 1. The van der Waals surface area contributed by atoms with Crippen LogP contribution in [0.2, 0.25) is 0 Å². The Morgan fingerprint density at radius 1 is 1.07 bits per heavy atom. The number of ether oxygens (including phenoxy) is 1. The Morgan fingerprint density at radius 2 is 1.83 bits per heavy atom. The van der Waals surface area contributed by atoms with Gasteiger partial charge in [-0.2, -0.15) is 0 Å². The van der Waals surface area contributed by atoms with E-state index in [1.807, 2.05) is 42.0 Å². The van der Waals surface area contributed by atoms with Crippen LogP contribution in [0.25, 0.3) is 17.0 Å². The molecule has 5 nitrogen and oxygen atoms in total. The molecule has 0 atom stereocenters. The highest BCUT2D eigenvalue weighted by Gasteiger charge is 2.34. The lowest BCUT2D eigenvalue weighted by atomic mass is 10.1. The van der Waals surface area contributed by atoms with Gasteiger partial charge in [0, 0.05) is 29.2 Å². The second-order valence-corrected chi connectivity index (χ2v) is 7.90. The molecule has 0 aliphatic carbocycles. The van der Waals surface area contributed by atoms with Crippen molar-refractivity contribution in [1.29, 1.82) is 0 Å². The summed E-state index contributed by atoms with van der Waals surface area (Å²) in [5.41, 5.74) is 1.84. The maximum atomic E-state index is 13.7. The molecule has 4 rings (SSSR count). The smallest absolute Gasteiger partial charge is 0.293 e. The zero-order valence-electron chi connectivity index (χ0n) is 16.5. The van der Waals surface area contributed by atoms with E-state index in [9.17, 15) is 14.0 Å². The van der Waals surface area contributed by atoms with Gasteiger partial charge < -0.3 is 9.30 Å². The summed E-state index contributed by atoms with van der Waals surface area (Å²) in [4.78, 5) is 26.4. The summed E-state index contributed by atoms with van der Waals surface area (Å²) in [6.45, 7) is 3.17. The highest BCUT2D eigenvalue weighted by atomic mass is 32.2. The average molecular weight is 424 g/mol. The van der Waals surface area contributed by atoms with E-state index in [2.05, 4.69) is 0 Å². The third-order valence-corrected chi connectivity index (χ3v) is 5.76. The van der Waals surface area contributed by atoms with Crippen LogP contribution in [0.15, 0.2) is 59.6 Å². The summed E-state index contributed by atoms with van der Waals surface area (Å²) in [5, 5.41) is 0.751. The molecule has 30 heavy (non-hydrogen) atoms. The first-order valence-electron chi connectivity index (χ1n) is 9.79. The topological polar surface area (TPSA) is 51.5 Å². The fourth-order valence-corrected chi connectivity index (χ4v) is 4.30. The van der Waals surface area contributed by atoms with Crippen molar-refractivity contribution < 1.29 is 18.7 Å². The van der Waals surface area contributed by atoms with Crippen molar-refractivity contribution >= 4 is 39.9 Å². The van der Waals surface area contributed by atoms with E-state index >= 15 is 0 Å². The SMILES string of the molecule is CCCN1C(=O)S/C(=C\c2cn(CCOc3ccccc3F)c3ccccc23)C1=O. The number of amides is 2. The number of carbonyl (C=O) groups excluding carboxylic acids is 2. The molecule has 3 aromatic rings. The highest BCUT2D eigenvalue weighted by Crippen LogP contribution is 2.34. The monoisotopic (exact) mass is 424 g/mol. The normalized spacial score (nSPS) is 15.5. The van der Waals surface area contributed by atoms with E-state index in [-0.39, 0.29) is 16.9 Å². The number of nitrogens with zero attached hydrogens (tertiary/aromatic N) is 2. The van der Waals surface area contributed by atoms with Gasteiger partial charge >= 0.3 is 0 Å². The first-order valence-corrected chi connectivity index (χ1v) is 10.6. The first kappa shape index (κ1) is 20.2. The van der Waals surface area contributed by atoms with Gasteiger partial charge in [-0.25, -0.2) is 4.39 Å². The maximum absolute atomic E-state index is 13.7. The minimum Gasteiger partial charge on any atom is -0.489 e. The number of benzene rings is 2. The lowest BCUT2D eigenvalue weighted by Gasteiger charge is -2.09. The molecule has 0 radical (unpaired) electrons. The van der Waals surface area contributed by atoms with Crippen molar-refractivity contribution in [2.24, 2.45) is 0 Å². The third-order valence-electron chi connectivity index (χ3n) is 4.85. The summed E-state index contributed by atoms with van der Waals surface area (Å²) in [6.07, 6.45) is 4.44. The van der Waals surface area contributed by atoms with Crippen LogP contribution in [-0.4, -0.2) is 33.8 Å². The fourth-order valence-electron chi connectivity index (χ4n) is 3.45. The fraction of sp³-hybridized carbons (Fsp3) is 0.217. The van der Waals surface area contributed by atoms with E-state index in [0.29, 0.717) is 24.6 Å². The highest BCUT2D eigenvalue weighted by molar-refractivity contribution is 8.18. The Balaban J connectivity index is 1.58. The van der Waals surface area contributed by atoms with Gasteiger partial charge in [-0.3, -0.25) is 14.5 Å². The Morgan fingerprint density at radius 3 is 2.63 bits per heavy atom. The second kappa shape index (κ2) is 8.75. The van der Waals surface area contributed by atoms with Gasteiger partial charge in [0.1, 0.15) is 6.61 Å². The molecule has 0 N–H and O–H groups in total. The van der Waals surface area contributed by atoms with Gasteiger partial charge in [-0.05, 0) is 42.5 Å². The molecule has 2 amide bonds. The number of aromatic nitrogens is 1. The summed E-state index contributed by atoms with van der Waals surface area (Å²) in [6, 6.07) is 14.1. The Hall–Kier alpha value is -3.06. The van der Waals surface area contributed by atoms with Crippen LogP contribution in [0.3, 0.4) is 0 Å². The van der Waals surface area contributed by atoms with Crippen LogP contribution in [0, 0.1) is 5.82 Å². The van der Waals surface area contributed by atoms with Crippen LogP contribution in [-0.2, 0) is 11.3 Å². The van der Waals surface area contributed by atoms with Crippen LogP contribution in [0.4, 0.5) is 9.18 Å². The van der Waals surface area contributed by atoms with Crippen molar-refractivity contribution in [1.82, 2.24) is 9.47 Å². The second-order valence-electron chi connectivity index (χ2n) is 6.91. The summed E-state index contributed by atoms with van der Waals surface area (Å²) in [7, 11) is 0. The number of rotatable bonds is 7. The molecule has 0 bridgehead atoms. The van der Waals surface area contributed by atoms with Crippen molar-refractivity contribution in [2.75, 3.05) is 13.2 Å². The zero-order chi connectivity index (χ0) is 21.1. The number of fused-ring (bicyclic) bond motifs is 1. The standard InChI is InChI=1S/C23H21FN2O3S/c1-2-11-26-22(27)21(30-23(26)28)14-16-15-25(19-9-5-3-7-17(16)19)12-13-29-20-10-6-4-8-18(20)24/h3-10,14-15H,2,11-13H2,1H3/b21-14-. The molecule has 0 saturated carbocycles. The third kappa shape index (κ3) is 3.98. The van der Waals surface area contributed by atoms with Gasteiger partial charge in [0.2, 0.25) is 0 Å². The lowest BCUT2D eigenvalue weighted by molar-refractivity contribution is -0.122. The molecule has 0 unspecified atom stereocenters. The molecule has 2 heterocycles. The van der Waals surface area contributed by atoms with Gasteiger partial charge in [0.05, 0.1) is 11.4 Å². The molecule has 1 aliphatic heterocycles. The number of carbonyl (C=O) groups is 2. The van der Waals surface area contributed by atoms with Gasteiger partial charge in [-0.15, -0.1) is 0 Å². The minimum atomic E-state index is -0.390. The van der Waals surface area contributed by atoms with Crippen LogP contribution in [0.1, 0.15) is 18.9 Å². The number of hydrogen-bond donors (Lipinski definition) is 0. The number of thioether (sulfide) groups is 1. The number of para-hydroxylation sites is 2. The van der Waals surface area contributed by atoms with Crippen LogP contribution < -0.4 is 4.74 Å². The minimum absolute atomic E-state index is 0.221. The molecule has 7 heteroatoms. The largest absolute Gasteiger partial charge is 0.489 e. The van der Waals surface area contributed by atoms with Crippen molar-refractivity contribution in [3.8, 4) is 5.75 Å². The van der Waals surface area contributed by atoms with E-state index < -0.39 is 5.82 Å². The van der Waals surface area contributed by atoms with E-state index in [4.69, 9.17) is 4.74 Å². The molecular formula is C23H21FN2O3S. The molecule has 1 aromatic heterocycles. The maximum Gasteiger partial charge on any atom is 0.293 e. The van der Waals surface area contributed by atoms with Gasteiger partial charge in [-0.1, -0.05) is 37.3 Å². The van der Waals surface area contributed by atoms with Crippen molar-refractivity contribution in [3.63, 3.8) is 0 Å². The first-order chi connectivity index (χ1) is 14.6. The molecule has 154 valence electrons. The van der Waals surface area contributed by atoms with Gasteiger partial charge in [0.25, 0.3) is 11.1 Å². The van der Waals surface area contributed by atoms with E-state index in [0.717, 1.165) is 34.6 Å². The molecule has 1 aliphatic rings. The molecule has 2 aromatic carbocycles. The van der Waals surface area contributed by atoms with Crippen LogP contribution >= 0.6 is 11.8 Å². The Bertz CT molecular complexity index is 1140. The predicted octanol–water partition coefficient (Wildman–Crippen LogP) is 5.31. The van der Waals surface area contributed by atoms with E-state index in [1.54, 1.807) is 24.3 Å². The van der Waals surface area contributed by atoms with E-state index in [1.165, 1.54) is 11.0 Å². The summed E-state index contributed by atoms with van der Waals surface area (Å²) >= 11 is 0.974. The quantitative estimate of drug-likeness (QED) is 0.483. The molecule has 1 fully saturated rings. The molecule has 0 spiro atoms. The van der Waals surface area contributed by atoms with Crippen LogP contribution in [0.5, 0.6) is 5.75 Å². The number of halogens is 1. The summed E-state index contributed by atoms with van der Waals surface area (Å²) in [5.74, 6) is -0.413. The molecular weight excluding hydrogens is 403 g/mol. The Labute approximate surface area is 178 Å². The average Bonchev–Trinajstić information content (AvgIpc) is 3.22. The predicted molar refractivity (Wildman–Crippen MR) is 117 cm³/mol. The number of hydrogen-bond acceptors (Lipinski definition) is 4. The van der Waals surface area contributed by atoms with Crippen molar-refractivity contribution in [2.45, 2.75) is 19.9 Å².